The summed E-state index contributed by atoms with van der Waals surface area (Å²) in [5.74, 6) is 0. The third kappa shape index (κ3) is 3.55. The SMILES string of the molecule is CC1(C)N[C@@H](/C=C(\Br)c2ccc(Cl)cc2)CO1. The molecule has 4 heteroatoms. The number of hydrogen-bond acceptors (Lipinski definition) is 2. The van der Waals surface area contributed by atoms with Gasteiger partial charge in [-0.3, -0.25) is 5.32 Å². The lowest BCUT2D eigenvalue weighted by Gasteiger charge is -2.17. The van der Waals surface area contributed by atoms with Gasteiger partial charge in [0.2, 0.25) is 0 Å². The minimum atomic E-state index is -0.242. The van der Waals surface area contributed by atoms with Crippen molar-refractivity contribution in [2.75, 3.05) is 6.61 Å². The maximum atomic E-state index is 5.86. The van der Waals surface area contributed by atoms with Gasteiger partial charge in [-0.1, -0.05) is 45.7 Å². The van der Waals surface area contributed by atoms with Crippen molar-refractivity contribution in [2.24, 2.45) is 0 Å². The quantitative estimate of drug-likeness (QED) is 0.896. The molecule has 0 amide bonds. The molecule has 1 saturated heterocycles. The van der Waals surface area contributed by atoms with E-state index in [1.165, 1.54) is 0 Å². The Bertz CT molecular complexity index is 428. The van der Waals surface area contributed by atoms with Crippen molar-refractivity contribution in [3.05, 3.63) is 40.9 Å². The first kappa shape index (κ1) is 13.1. The second-order valence-electron chi connectivity index (χ2n) is 4.59. The van der Waals surface area contributed by atoms with E-state index < -0.39 is 0 Å². The van der Waals surface area contributed by atoms with Crippen LogP contribution in [0, 0.1) is 0 Å². The van der Waals surface area contributed by atoms with Gasteiger partial charge in [0.25, 0.3) is 0 Å². The molecule has 2 rings (SSSR count). The molecular formula is C13H15BrClNO. The van der Waals surface area contributed by atoms with E-state index in [2.05, 4.69) is 27.3 Å². The third-order valence-electron chi connectivity index (χ3n) is 2.62. The van der Waals surface area contributed by atoms with E-state index >= 15 is 0 Å². The Labute approximate surface area is 115 Å². The van der Waals surface area contributed by atoms with E-state index in [0.29, 0.717) is 6.61 Å². The predicted octanol–water partition coefficient (Wildman–Crippen LogP) is 3.80. The molecule has 0 saturated carbocycles. The fourth-order valence-electron chi connectivity index (χ4n) is 1.80. The first-order chi connectivity index (χ1) is 7.96. The highest BCUT2D eigenvalue weighted by Crippen LogP contribution is 2.25. The molecule has 1 aromatic carbocycles. The van der Waals surface area contributed by atoms with Gasteiger partial charge < -0.3 is 4.74 Å². The summed E-state index contributed by atoms with van der Waals surface area (Å²) in [6, 6.07) is 7.98. The van der Waals surface area contributed by atoms with Gasteiger partial charge in [0, 0.05) is 9.51 Å². The van der Waals surface area contributed by atoms with Crippen LogP contribution in [0.4, 0.5) is 0 Å². The Kier molecular flexibility index (Phi) is 3.93. The summed E-state index contributed by atoms with van der Waals surface area (Å²) in [5, 5.41) is 4.14. The van der Waals surface area contributed by atoms with E-state index in [1.54, 1.807) is 0 Å². The Balaban J connectivity index is 2.10. The van der Waals surface area contributed by atoms with Crippen LogP contribution in [-0.2, 0) is 4.74 Å². The lowest BCUT2D eigenvalue weighted by molar-refractivity contribution is 0.0232. The molecule has 1 aliphatic heterocycles. The number of ether oxygens (including phenoxy) is 1. The Morgan fingerprint density at radius 3 is 2.65 bits per heavy atom. The molecule has 0 aromatic heterocycles. The molecule has 0 aliphatic carbocycles. The molecule has 0 radical (unpaired) electrons. The highest BCUT2D eigenvalue weighted by atomic mass is 79.9. The van der Waals surface area contributed by atoms with Crippen molar-refractivity contribution in [1.82, 2.24) is 5.32 Å². The number of rotatable bonds is 2. The van der Waals surface area contributed by atoms with E-state index in [9.17, 15) is 0 Å². The van der Waals surface area contributed by atoms with Gasteiger partial charge in [0.15, 0.2) is 0 Å². The van der Waals surface area contributed by atoms with Gasteiger partial charge >= 0.3 is 0 Å². The van der Waals surface area contributed by atoms with Crippen molar-refractivity contribution >= 4 is 32.0 Å². The van der Waals surface area contributed by atoms with Crippen LogP contribution in [0.1, 0.15) is 19.4 Å². The second kappa shape index (κ2) is 5.11. The van der Waals surface area contributed by atoms with Gasteiger partial charge in [-0.15, -0.1) is 0 Å². The first-order valence-corrected chi connectivity index (χ1v) is 6.68. The summed E-state index contributed by atoms with van der Waals surface area (Å²) in [6.07, 6.45) is 2.12. The zero-order valence-electron chi connectivity index (χ0n) is 9.84. The fourth-order valence-corrected chi connectivity index (χ4v) is 2.51. The zero-order chi connectivity index (χ0) is 12.5. The molecule has 0 unspecified atom stereocenters. The summed E-state index contributed by atoms with van der Waals surface area (Å²) in [6.45, 7) is 4.74. The minimum absolute atomic E-state index is 0.232. The van der Waals surface area contributed by atoms with E-state index in [4.69, 9.17) is 16.3 Å². The van der Waals surface area contributed by atoms with Gasteiger partial charge in [-0.2, -0.15) is 0 Å². The fraction of sp³-hybridized carbons (Fsp3) is 0.385. The van der Waals surface area contributed by atoms with Crippen LogP contribution >= 0.6 is 27.5 Å². The standard InChI is InChI=1S/C13H15BrClNO/c1-13(2)16-11(8-17-13)7-12(14)9-3-5-10(15)6-4-9/h3-7,11,16H,8H2,1-2H3/b12-7-/t11-/m0/s1. The van der Waals surface area contributed by atoms with Crippen molar-refractivity contribution in [1.29, 1.82) is 0 Å². The molecule has 2 nitrogen and oxygen atoms in total. The average Bonchev–Trinajstić information content (AvgIpc) is 2.59. The van der Waals surface area contributed by atoms with Crippen molar-refractivity contribution in [2.45, 2.75) is 25.6 Å². The number of hydrogen-bond donors (Lipinski definition) is 1. The highest BCUT2D eigenvalue weighted by molar-refractivity contribution is 9.15. The van der Waals surface area contributed by atoms with E-state index in [0.717, 1.165) is 15.1 Å². The smallest absolute Gasteiger partial charge is 0.114 e. The molecule has 0 spiro atoms. The molecular weight excluding hydrogens is 302 g/mol. The van der Waals surface area contributed by atoms with Crippen LogP contribution in [0.15, 0.2) is 30.3 Å². The molecule has 1 atom stereocenters. The van der Waals surface area contributed by atoms with Crippen LogP contribution in [-0.4, -0.2) is 18.4 Å². The lowest BCUT2D eigenvalue weighted by atomic mass is 10.1. The van der Waals surface area contributed by atoms with E-state index in [1.807, 2.05) is 38.1 Å². The van der Waals surface area contributed by atoms with Crippen LogP contribution in [0.25, 0.3) is 4.48 Å². The number of nitrogens with one attached hydrogen (secondary N) is 1. The highest BCUT2D eigenvalue weighted by Gasteiger charge is 2.29. The topological polar surface area (TPSA) is 21.3 Å². The van der Waals surface area contributed by atoms with Gasteiger partial charge in [-0.25, -0.2) is 0 Å². The number of benzene rings is 1. The molecule has 1 fully saturated rings. The normalized spacial score (nSPS) is 24.0. The summed E-state index contributed by atoms with van der Waals surface area (Å²) >= 11 is 9.44. The van der Waals surface area contributed by atoms with Crippen molar-refractivity contribution in [3.63, 3.8) is 0 Å². The molecule has 1 N–H and O–H groups in total. The molecule has 1 aliphatic rings. The largest absolute Gasteiger partial charge is 0.359 e. The van der Waals surface area contributed by atoms with Gasteiger partial charge in [0.1, 0.15) is 5.72 Å². The van der Waals surface area contributed by atoms with Gasteiger partial charge in [0.05, 0.1) is 12.6 Å². The average molecular weight is 317 g/mol. The second-order valence-corrected chi connectivity index (χ2v) is 5.88. The third-order valence-corrected chi connectivity index (χ3v) is 3.60. The summed E-state index contributed by atoms with van der Waals surface area (Å²) in [4.78, 5) is 0. The van der Waals surface area contributed by atoms with Crippen molar-refractivity contribution < 1.29 is 4.74 Å². The lowest BCUT2D eigenvalue weighted by Crippen LogP contribution is -2.37. The van der Waals surface area contributed by atoms with Crippen LogP contribution in [0.3, 0.4) is 0 Å². The Morgan fingerprint density at radius 1 is 1.47 bits per heavy atom. The monoisotopic (exact) mass is 315 g/mol. The minimum Gasteiger partial charge on any atom is -0.359 e. The summed E-state index contributed by atoms with van der Waals surface area (Å²) in [7, 11) is 0. The van der Waals surface area contributed by atoms with E-state index in [-0.39, 0.29) is 11.8 Å². The van der Waals surface area contributed by atoms with Crippen LogP contribution in [0.2, 0.25) is 5.02 Å². The molecule has 17 heavy (non-hydrogen) atoms. The van der Waals surface area contributed by atoms with Crippen LogP contribution in [0.5, 0.6) is 0 Å². The molecule has 1 aromatic rings. The molecule has 1 heterocycles. The molecule has 0 bridgehead atoms. The maximum absolute atomic E-state index is 5.86. The maximum Gasteiger partial charge on any atom is 0.114 e. The molecule has 92 valence electrons. The van der Waals surface area contributed by atoms with Crippen molar-refractivity contribution in [3.8, 4) is 0 Å². The number of halogens is 2. The first-order valence-electron chi connectivity index (χ1n) is 5.51. The summed E-state index contributed by atoms with van der Waals surface area (Å²) < 4.78 is 6.66. The zero-order valence-corrected chi connectivity index (χ0v) is 12.2. The summed E-state index contributed by atoms with van der Waals surface area (Å²) in [5.41, 5.74) is 0.870. The predicted molar refractivity (Wildman–Crippen MR) is 75.3 cm³/mol. The van der Waals surface area contributed by atoms with Gasteiger partial charge in [-0.05, 0) is 31.5 Å². The Morgan fingerprint density at radius 2 is 2.12 bits per heavy atom. The Hall–Kier alpha value is -0.350. The van der Waals surface area contributed by atoms with Crippen LogP contribution < -0.4 is 5.32 Å².